The summed E-state index contributed by atoms with van der Waals surface area (Å²) in [6.45, 7) is 4.20. The van der Waals surface area contributed by atoms with Crippen molar-refractivity contribution in [2.45, 2.75) is 50.2 Å². The molecule has 0 radical (unpaired) electrons. The zero-order chi connectivity index (χ0) is 24.2. The Hall–Kier alpha value is -2.99. The van der Waals surface area contributed by atoms with Gasteiger partial charge in [-0.3, -0.25) is 15.2 Å². The van der Waals surface area contributed by atoms with E-state index in [2.05, 4.69) is 21.6 Å². The summed E-state index contributed by atoms with van der Waals surface area (Å²) in [5.41, 5.74) is 12.4. The molecule has 10 nitrogen and oxygen atoms in total. The maximum absolute atomic E-state index is 14.0. The van der Waals surface area contributed by atoms with E-state index in [4.69, 9.17) is 9.72 Å². The first kappa shape index (κ1) is 22.5. The van der Waals surface area contributed by atoms with E-state index in [9.17, 15) is 14.3 Å². The number of carbonyl (C=O) groups is 1. The zero-order valence-corrected chi connectivity index (χ0v) is 19.6. The number of hydrogen-bond acceptors (Lipinski definition) is 9. The second-order valence-corrected chi connectivity index (χ2v) is 9.58. The van der Waals surface area contributed by atoms with E-state index in [0.29, 0.717) is 26.1 Å². The lowest BCUT2D eigenvalue weighted by Gasteiger charge is -2.37. The quantitative estimate of drug-likeness (QED) is 0.393. The monoisotopic (exact) mass is 483 g/mol. The molecule has 5 N–H and O–H groups in total. The number of anilines is 1. The Morgan fingerprint density at radius 1 is 1.40 bits per heavy atom. The van der Waals surface area contributed by atoms with Crippen LogP contribution in [-0.2, 0) is 9.53 Å². The van der Waals surface area contributed by atoms with Gasteiger partial charge in [0.2, 0.25) is 0 Å². The number of hydrogen-bond donors (Lipinski definition) is 5. The number of alkyl halides is 1. The fourth-order valence-corrected chi connectivity index (χ4v) is 5.05. The lowest BCUT2D eigenvalue weighted by atomic mass is 9.97. The molecule has 0 spiro atoms. The standard InChI is InChI=1S/C24H30FN7O3/c1-2-35-15-9-16(21-17-11-27-29-22(17)30-32(21)12-15)14-3-4-20(26-10-14)31-8-5-18(19(33)13-31)28-23(34)24(25)6-7-24/h3-4,9-10,12,18-19,22,27,29-30,33H,2,5-8,11,13H2,1H3,(H,28,34)/t18-,19+,22?/m0/s1. The Bertz CT molecular complexity index is 1110. The van der Waals surface area contributed by atoms with Crippen molar-refractivity contribution < 1.29 is 19.0 Å². The third kappa shape index (κ3) is 4.08. The van der Waals surface area contributed by atoms with Gasteiger partial charge in [-0.15, -0.1) is 0 Å². The minimum atomic E-state index is -1.73. The minimum Gasteiger partial charge on any atom is -0.492 e. The Morgan fingerprint density at radius 2 is 2.26 bits per heavy atom. The molecule has 11 heteroatoms. The first-order chi connectivity index (χ1) is 16.9. The summed E-state index contributed by atoms with van der Waals surface area (Å²) in [4.78, 5) is 18.7. The number of aliphatic hydroxyl groups excluding tert-OH is 1. The molecule has 1 aromatic rings. The van der Waals surface area contributed by atoms with E-state index in [1.54, 1.807) is 0 Å². The van der Waals surface area contributed by atoms with Crippen LogP contribution >= 0.6 is 0 Å². The third-order valence-corrected chi connectivity index (χ3v) is 7.17. The molecule has 1 aromatic heterocycles. The Morgan fingerprint density at radius 3 is 2.97 bits per heavy atom. The number of allylic oxidation sites excluding steroid dienone is 2. The average molecular weight is 484 g/mol. The number of rotatable bonds is 6. The van der Waals surface area contributed by atoms with Crippen molar-refractivity contribution in [3.63, 3.8) is 0 Å². The van der Waals surface area contributed by atoms with Gasteiger partial charge in [0.25, 0.3) is 5.91 Å². The fraction of sp³-hybridized carbons (Fsp3) is 0.500. The molecule has 5 aliphatic rings. The zero-order valence-electron chi connectivity index (χ0n) is 19.6. The number of carbonyl (C=O) groups excluding carboxylic acids is 1. The predicted molar refractivity (Wildman–Crippen MR) is 127 cm³/mol. The van der Waals surface area contributed by atoms with Gasteiger partial charge in [-0.25, -0.2) is 20.2 Å². The van der Waals surface area contributed by atoms with Crippen molar-refractivity contribution in [1.29, 1.82) is 0 Å². The highest BCUT2D eigenvalue weighted by Gasteiger charge is 2.51. The molecule has 1 aliphatic carbocycles. The van der Waals surface area contributed by atoms with Crippen molar-refractivity contribution in [2.24, 2.45) is 0 Å². The molecule has 35 heavy (non-hydrogen) atoms. The number of halogens is 1. The van der Waals surface area contributed by atoms with Crippen molar-refractivity contribution in [3.05, 3.63) is 53.2 Å². The van der Waals surface area contributed by atoms with Gasteiger partial charge in [0.05, 0.1) is 30.6 Å². The van der Waals surface area contributed by atoms with Crippen LogP contribution in [0.25, 0.3) is 5.57 Å². The topological polar surface area (TPSA) is 114 Å². The van der Waals surface area contributed by atoms with E-state index < -0.39 is 23.7 Å². The number of pyridine rings is 1. The molecule has 0 bridgehead atoms. The summed E-state index contributed by atoms with van der Waals surface area (Å²) in [5, 5.41) is 15.3. The van der Waals surface area contributed by atoms with Gasteiger partial charge in [0.1, 0.15) is 17.7 Å². The van der Waals surface area contributed by atoms with Crippen LogP contribution in [-0.4, -0.2) is 71.2 Å². The van der Waals surface area contributed by atoms with Gasteiger partial charge in [0.15, 0.2) is 5.67 Å². The van der Waals surface area contributed by atoms with Gasteiger partial charge in [-0.05, 0) is 44.4 Å². The highest BCUT2D eigenvalue weighted by atomic mass is 19.1. The molecular weight excluding hydrogens is 453 g/mol. The smallest absolute Gasteiger partial charge is 0.257 e. The second-order valence-electron chi connectivity index (χ2n) is 9.58. The maximum Gasteiger partial charge on any atom is 0.257 e. The molecular formula is C24H30FN7O3. The van der Waals surface area contributed by atoms with Crippen LogP contribution in [0.2, 0.25) is 0 Å². The molecule has 4 aliphatic heterocycles. The average Bonchev–Trinajstić information content (AvgIpc) is 3.29. The van der Waals surface area contributed by atoms with Crippen LogP contribution in [0.4, 0.5) is 10.2 Å². The Kier molecular flexibility index (Phi) is 5.52. The van der Waals surface area contributed by atoms with Crippen LogP contribution in [0.3, 0.4) is 0 Å². The van der Waals surface area contributed by atoms with Gasteiger partial charge in [-0.1, -0.05) is 0 Å². The first-order valence-corrected chi connectivity index (χ1v) is 12.2. The number of ether oxygens (including phenoxy) is 1. The van der Waals surface area contributed by atoms with E-state index in [-0.39, 0.29) is 19.0 Å². The SMILES string of the molecule is CCOC1=CN2NC3NNCC3=C2C(c2ccc(N3CC[C@H](NC(=O)C4(F)CC4)[C@H](O)C3)nc2)=C1. The van der Waals surface area contributed by atoms with Gasteiger partial charge < -0.3 is 20.1 Å². The van der Waals surface area contributed by atoms with E-state index in [1.165, 1.54) is 5.57 Å². The van der Waals surface area contributed by atoms with Crippen molar-refractivity contribution in [1.82, 2.24) is 31.6 Å². The Labute approximate surface area is 202 Å². The summed E-state index contributed by atoms with van der Waals surface area (Å²) in [7, 11) is 0. The highest BCUT2D eigenvalue weighted by molar-refractivity contribution is 5.88. The number of aromatic nitrogens is 1. The van der Waals surface area contributed by atoms with E-state index in [0.717, 1.165) is 35.0 Å². The number of fused-ring (bicyclic) bond motifs is 2. The van der Waals surface area contributed by atoms with Gasteiger partial charge in [-0.2, -0.15) is 0 Å². The van der Waals surface area contributed by atoms with Crippen molar-refractivity contribution >= 4 is 17.3 Å². The summed E-state index contributed by atoms with van der Waals surface area (Å²) in [6, 6.07) is 3.53. The first-order valence-electron chi connectivity index (χ1n) is 12.2. The minimum absolute atomic E-state index is 0.0216. The fourth-order valence-electron chi connectivity index (χ4n) is 5.05. The number of piperidine rings is 1. The third-order valence-electron chi connectivity index (χ3n) is 7.17. The molecule has 1 unspecified atom stereocenters. The van der Waals surface area contributed by atoms with Gasteiger partial charge >= 0.3 is 0 Å². The summed E-state index contributed by atoms with van der Waals surface area (Å²) in [5.74, 6) is 0.920. The second kappa shape index (κ2) is 8.59. The molecule has 6 rings (SSSR count). The molecule has 0 aromatic carbocycles. The van der Waals surface area contributed by atoms with Crippen LogP contribution in [0.1, 0.15) is 31.7 Å². The maximum atomic E-state index is 14.0. The number of hydrazine groups is 2. The summed E-state index contributed by atoms with van der Waals surface area (Å²) in [6.07, 6.45) is 6.12. The van der Waals surface area contributed by atoms with E-state index >= 15 is 0 Å². The predicted octanol–water partition coefficient (Wildman–Crippen LogP) is 0.423. The number of aliphatic hydroxyl groups is 1. The Balaban J connectivity index is 1.18. The van der Waals surface area contributed by atoms with Crippen LogP contribution in [0.15, 0.2) is 47.6 Å². The lowest BCUT2D eigenvalue weighted by Crippen LogP contribution is -2.55. The molecule has 2 saturated heterocycles. The normalized spacial score (nSPS) is 28.8. The summed E-state index contributed by atoms with van der Waals surface area (Å²) < 4.78 is 19.8. The number of nitrogens with zero attached hydrogens (tertiary/aromatic N) is 3. The van der Waals surface area contributed by atoms with Gasteiger partial charge in [0, 0.05) is 42.5 Å². The highest BCUT2D eigenvalue weighted by Crippen LogP contribution is 2.40. The number of β-amino-alcohol motifs (C(OH)–C–C–N with tert-alkyl or cyclic N) is 1. The molecule has 3 atom stereocenters. The molecule has 1 saturated carbocycles. The van der Waals surface area contributed by atoms with Crippen LogP contribution in [0, 0.1) is 0 Å². The summed E-state index contributed by atoms with van der Waals surface area (Å²) >= 11 is 0. The van der Waals surface area contributed by atoms with Crippen LogP contribution in [0.5, 0.6) is 0 Å². The van der Waals surface area contributed by atoms with E-state index in [1.807, 2.05) is 47.4 Å². The molecule has 5 heterocycles. The lowest BCUT2D eigenvalue weighted by molar-refractivity contribution is -0.129. The van der Waals surface area contributed by atoms with Crippen molar-refractivity contribution in [2.75, 3.05) is 31.1 Å². The number of nitrogens with one attached hydrogen (secondary N) is 4. The molecule has 3 fully saturated rings. The van der Waals surface area contributed by atoms with Crippen LogP contribution < -0.4 is 26.5 Å². The molecule has 1 amide bonds. The molecule has 186 valence electrons. The number of amides is 1. The largest absolute Gasteiger partial charge is 0.492 e. The van der Waals surface area contributed by atoms with Crippen molar-refractivity contribution in [3.8, 4) is 0 Å².